The van der Waals surface area contributed by atoms with Crippen LogP contribution < -0.4 is 9.64 Å². The molecule has 0 radical (unpaired) electrons. The van der Waals surface area contributed by atoms with Crippen molar-refractivity contribution in [2.24, 2.45) is 0 Å². The summed E-state index contributed by atoms with van der Waals surface area (Å²) >= 11 is 5.97. The first-order valence-electron chi connectivity index (χ1n) is 11.0. The summed E-state index contributed by atoms with van der Waals surface area (Å²) in [6.45, 7) is 0.330. The Morgan fingerprint density at radius 3 is 2.29 bits per heavy atom. The number of benzene rings is 3. The van der Waals surface area contributed by atoms with E-state index in [1.165, 1.54) is 0 Å². The lowest BCUT2D eigenvalue weighted by Gasteiger charge is -2.28. The SMILES string of the molecule is COc1ccc(N2C(=O)CC(N(CCc3ccccc3)C(=O)Cc3ccc(Cl)cc3)C2=O)cc1. The predicted octanol–water partition coefficient (Wildman–Crippen LogP) is 4.29. The number of anilines is 1. The van der Waals surface area contributed by atoms with Crippen molar-refractivity contribution in [1.82, 2.24) is 4.90 Å². The molecular formula is C27H25ClN2O4. The minimum absolute atomic E-state index is 0.0496. The first-order chi connectivity index (χ1) is 16.5. The molecule has 0 saturated carbocycles. The Labute approximate surface area is 203 Å². The highest BCUT2D eigenvalue weighted by atomic mass is 35.5. The van der Waals surface area contributed by atoms with Gasteiger partial charge in [-0.25, -0.2) is 4.90 Å². The van der Waals surface area contributed by atoms with E-state index in [-0.39, 0.29) is 24.7 Å². The van der Waals surface area contributed by atoms with Gasteiger partial charge in [0.25, 0.3) is 5.91 Å². The zero-order valence-electron chi connectivity index (χ0n) is 18.8. The molecule has 6 nitrogen and oxygen atoms in total. The van der Waals surface area contributed by atoms with Crippen LogP contribution in [0.4, 0.5) is 5.69 Å². The van der Waals surface area contributed by atoms with Crippen molar-refractivity contribution in [3.63, 3.8) is 0 Å². The van der Waals surface area contributed by atoms with Crippen molar-refractivity contribution in [3.05, 3.63) is 95.0 Å². The molecule has 1 unspecified atom stereocenters. The number of amides is 3. The number of hydrogen-bond acceptors (Lipinski definition) is 4. The van der Waals surface area contributed by atoms with Crippen molar-refractivity contribution in [1.29, 1.82) is 0 Å². The fourth-order valence-electron chi connectivity index (χ4n) is 4.09. The number of imide groups is 1. The maximum atomic E-state index is 13.4. The van der Waals surface area contributed by atoms with Gasteiger partial charge in [0.2, 0.25) is 11.8 Å². The Kier molecular flexibility index (Phi) is 7.28. The van der Waals surface area contributed by atoms with Crippen LogP contribution in [0, 0.1) is 0 Å². The van der Waals surface area contributed by atoms with Crippen LogP contribution >= 0.6 is 11.6 Å². The second-order valence-corrected chi connectivity index (χ2v) is 8.55. The zero-order valence-corrected chi connectivity index (χ0v) is 19.6. The molecule has 34 heavy (non-hydrogen) atoms. The Bertz CT molecular complexity index is 1160. The molecule has 3 amide bonds. The van der Waals surface area contributed by atoms with Gasteiger partial charge in [0, 0.05) is 11.6 Å². The summed E-state index contributed by atoms with van der Waals surface area (Å²) in [4.78, 5) is 42.3. The predicted molar refractivity (Wildman–Crippen MR) is 131 cm³/mol. The van der Waals surface area contributed by atoms with E-state index in [4.69, 9.17) is 16.3 Å². The molecule has 3 aromatic carbocycles. The average molecular weight is 477 g/mol. The van der Waals surface area contributed by atoms with E-state index >= 15 is 0 Å². The van der Waals surface area contributed by atoms with E-state index in [1.54, 1.807) is 60.5 Å². The molecule has 0 N–H and O–H groups in total. The van der Waals surface area contributed by atoms with Gasteiger partial charge in [-0.3, -0.25) is 14.4 Å². The molecule has 1 atom stereocenters. The van der Waals surface area contributed by atoms with E-state index < -0.39 is 11.9 Å². The number of hydrogen-bond donors (Lipinski definition) is 0. The van der Waals surface area contributed by atoms with Crippen LogP contribution in [0.2, 0.25) is 5.02 Å². The molecule has 0 aromatic heterocycles. The van der Waals surface area contributed by atoms with Gasteiger partial charge >= 0.3 is 0 Å². The number of carbonyl (C=O) groups is 3. The highest BCUT2D eigenvalue weighted by Gasteiger charge is 2.44. The number of ether oxygens (including phenoxy) is 1. The van der Waals surface area contributed by atoms with Gasteiger partial charge in [0.15, 0.2) is 0 Å². The fourth-order valence-corrected chi connectivity index (χ4v) is 4.21. The maximum absolute atomic E-state index is 13.4. The van der Waals surface area contributed by atoms with E-state index in [0.29, 0.717) is 29.4 Å². The highest BCUT2D eigenvalue weighted by Crippen LogP contribution is 2.28. The average Bonchev–Trinajstić information content (AvgIpc) is 3.15. The summed E-state index contributed by atoms with van der Waals surface area (Å²) in [6.07, 6.45) is 0.645. The number of carbonyl (C=O) groups excluding carboxylic acids is 3. The quantitative estimate of drug-likeness (QED) is 0.455. The zero-order chi connectivity index (χ0) is 24.1. The minimum Gasteiger partial charge on any atom is -0.497 e. The molecule has 1 saturated heterocycles. The first-order valence-corrected chi connectivity index (χ1v) is 11.4. The van der Waals surface area contributed by atoms with E-state index in [2.05, 4.69) is 0 Å². The summed E-state index contributed by atoms with van der Waals surface area (Å²) in [6, 6.07) is 22.7. The Balaban J connectivity index is 1.57. The third-order valence-corrected chi connectivity index (χ3v) is 6.15. The van der Waals surface area contributed by atoms with Gasteiger partial charge in [0.1, 0.15) is 11.8 Å². The molecule has 1 aliphatic heterocycles. The lowest BCUT2D eigenvalue weighted by molar-refractivity contribution is -0.137. The molecule has 0 bridgehead atoms. The largest absolute Gasteiger partial charge is 0.497 e. The standard InChI is InChI=1S/C27H25ClN2O4/c1-34-23-13-11-22(12-14-23)30-26(32)18-24(27(30)33)29(16-15-19-5-3-2-4-6-19)25(31)17-20-7-9-21(28)10-8-20/h2-14,24H,15-18H2,1H3. The second kappa shape index (κ2) is 10.5. The van der Waals surface area contributed by atoms with Crippen LogP contribution in [0.3, 0.4) is 0 Å². The van der Waals surface area contributed by atoms with Gasteiger partial charge in [-0.05, 0) is 53.9 Å². The first kappa shape index (κ1) is 23.5. The Hall–Kier alpha value is -3.64. The van der Waals surface area contributed by atoms with E-state index in [0.717, 1.165) is 16.0 Å². The molecule has 1 heterocycles. The fraction of sp³-hybridized carbons (Fsp3) is 0.222. The number of methoxy groups -OCH3 is 1. The lowest BCUT2D eigenvalue weighted by Crippen LogP contribution is -2.47. The summed E-state index contributed by atoms with van der Waals surface area (Å²) in [7, 11) is 1.55. The molecule has 1 fully saturated rings. The maximum Gasteiger partial charge on any atom is 0.257 e. The molecule has 174 valence electrons. The normalized spacial score (nSPS) is 15.5. The van der Waals surface area contributed by atoms with Crippen molar-refractivity contribution < 1.29 is 19.1 Å². The smallest absolute Gasteiger partial charge is 0.257 e. The van der Waals surface area contributed by atoms with Gasteiger partial charge in [0.05, 0.1) is 25.6 Å². The molecule has 4 rings (SSSR count). The van der Waals surface area contributed by atoms with Gasteiger partial charge in [-0.15, -0.1) is 0 Å². The van der Waals surface area contributed by atoms with Crippen molar-refractivity contribution in [3.8, 4) is 5.75 Å². The molecule has 1 aliphatic rings. The third kappa shape index (κ3) is 5.29. The summed E-state index contributed by atoms with van der Waals surface area (Å²) in [5.74, 6) is -0.306. The van der Waals surface area contributed by atoms with E-state index in [1.807, 2.05) is 30.3 Å². The van der Waals surface area contributed by atoms with Crippen LogP contribution in [0.15, 0.2) is 78.9 Å². The Morgan fingerprint density at radius 2 is 1.65 bits per heavy atom. The number of halogens is 1. The van der Waals surface area contributed by atoms with Crippen LogP contribution in [0.5, 0.6) is 5.75 Å². The van der Waals surface area contributed by atoms with Crippen molar-refractivity contribution >= 4 is 35.0 Å². The van der Waals surface area contributed by atoms with Gasteiger partial charge in [-0.2, -0.15) is 0 Å². The topological polar surface area (TPSA) is 66.9 Å². The van der Waals surface area contributed by atoms with Crippen molar-refractivity contribution in [2.45, 2.75) is 25.3 Å². The van der Waals surface area contributed by atoms with E-state index in [9.17, 15) is 14.4 Å². The number of rotatable bonds is 8. The van der Waals surface area contributed by atoms with Crippen LogP contribution in [0.25, 0.3) is 0 Å². The molecular weight excluding hydrogens is 452 g/mol. The second-order valence-electron chi connectivity index (χ2n) is 8.11. The van der Waals surface area contributed by atoms with Crippen LogP contribution in [-0.2, 0) is 27.2 Å². The highest BCUT2D eigenvalue weighted by molar-refractivity contribution is 6.30. The Morgan fingerprint density at radius 1 is 0.971 bits per heavy atom. The summed E-state index contributed by atoms with van der Waals surface area (Å²) in [5, 5.41) is 0.587. The lowest BCUT2D eigenvalue weighted by atomic mass is 10.1. The van der Waals surface area contributed by atoms with Crippen LogP contribution in [0.1, 0.15) is 17.5 Å². The summed E-state index contributed by atoms with van der Waals surface area (Å²) < 4.78 is 5.16. The molecule has 7 heteroatoms. The third-order valence-electron chi connectivity index (χ3n) is 5.90. The van der Waals surface area contributed by atoms with Gasteiger partial charge < -0.3 is 9.64 Å². The molecule has 0 spiro atoms. The van der Waals surface area contributed by atoms with Crippen LogP contribution in [-0.4, -0.2) is 42.3 Å². The van der Waals surface area contributed by atoms with Crippen molar-refractivity contribution in [2.75, 3.05) is 18.6 Å². The number of nitrogens with zero attached hydrogens (tertiary/aromatic N) is 2. The summed E-state index contributed by atoms with van der Waals surface area (Å²) in [5.41, 5.74) is 2.31. The molecule has 0 aliphatic carbocycles. The molecule has 3 aromatic rings. The van der Waals surface area contributed by atoms with Gasteiger partial charge in [-0.1, -0.05) is 54.1 Å². The monoisotopic (exact) mass is 476 g/mol. The minimum atomic E-state index is -0.849.